The van der Waals surface area contributed by atoms with Crippen LogP contribution in [0.25, 0.3) is 0 Å². The van der Waals surface area contributed by atoms with Gasteiger partial charge in [0.2, 0.25) is 0 Å². The molecule has 0 saturated heterocycles. The van der Waals surface area contributed by atoms with Crippen molar-refractivity contribution < 1.29 is 9.13 Å². The maximum absolute atomic E-state index is 13.8. The van der Waals surface area contributed by atoms with E-state index in [2.05, 4.69) is 15.9 Å². The second-order valence-electron chi connectivity index (χ2n) is 4.94. The molecule has 0 aliphatic heterocycles. The molecule has 2 aromatic carbocycles. The second kappa shape index (κ2) is 7.25. The van der Waals surface area contributed by atoms with Crippen molar-refractivity contribution in [1.29, 1.82) is 0 Å². The van der Waals surface area contributed by atoms with Crippen LogP contribution in [0, 0.1) is 5.82 Å². The molecular formula is C16H16BrClFNO. The van der Waals surface area contributed by atoms with Gasteiger partial charge in [-0.2, -0.15) is 0 Å². The van der Waals surface area contributed by atoms with Gasteiger partial charge in [0.05, 0.1) is 5.02 Å². The van der Waals surface area contributed by atoms with E-state index in [-0.39, 0.29) is 17.7 Å². The minimum absolute atomic E-state index is 0.0181. The van der Waals surface area contributed by atoms with E-state index < -0.39 is 5.82 Å². The lowest BCUT2D eigenvalue weighted by atomic mass is 10.1. The molecule has 0 saturated carbocycles. The zero-order valence-electron chi connectivity index (χ0n) is 11.6. The normalized spacial score (nSPS) is 12.2. The Morgan fingerprint density at radius 3 is 2.76 bits per heavy atom. The van der Waals surface area contributed by atoms with Crippen molar-refractivity contribution >= 4 is 27.5 Å². The summed E-state index contributed by atoms with van der Waals surface area (Å²) >= 11 is 9.19. The Morgan fingerprint density at radius 1 is 1.29 bits per heavy atom. The molecule has 0 aliphatic rings. The molecule has 0 aliphatic carbocycles. The summed E-state index contributed by atoms with van der Waals surface area (Å²) in [6, 6.07) is 10.6. The molecule has 1 unspecified atom stereocenters. The van der Waals surface area contributed by atoms with Gasteiger partial charge in [-0.1, -0.05) is 39.7 Å². The number of benzene rings is 2. The molecule has 112 valence electrons. The highest BCUT2D eigenvalue weighted by atomic mass is 79.9. The van der Waals surface area contributed by atoms with Crippen LogP contribution in [0.3, 0.4) is 0 Å². The summed E-state index contributed by atoms with van der Waals surface area (Å²) in [6.07, 6.45) is 0.687. The van der Waals surface area contributed by atoms with E-state index in [0.717, 1.165) is 10.0 Å². The quantitative estimate of drug-likeness (QED) is 0.825. The first kappa shape index (κ1) is 16.3. The van der Waals surface area contributed by atoms with E-state index in [0.29, 0.717) is 17.7 Å². The molecule has 5 heteroatoms. The third-order valence-corrected chi connectivity index (χ3v) is 3.76. The Morgan fingerprint density at radius 2 is 2.05 bits per heavy atom. The summed E-state index contributed by atoms with van der Waals surface area (Å²) in [7, 11) is 0. The lowest BCUT2D eigenvalue weighted by Gasteiger charge is -2.14. The SMILES string of the molecule is CC(N)Cc1cc(Br)ccc1OCc1cccc(Cl)c1F. The number of hydrogen-bond acceptors (Lipinski definition) is 2. The highest BCUT2D eigenvalue weighted by Crippen LogP contribution is 2.26. The molecule has 2 N–H and O–H groups in total. The largest absolute Gasteiger partial charge is 0.489 e. The lowest BCUT2D eigenvalue weighted by Crippen LogP contribution is -2.18. The van der Waals surface area contributed by atoms with Crippen molar-refractivity contribution in [3.8, 4) is 5.75 Å². The number of hydrogen-bond donors (Lipinski definition) is 1. The molecule has 2 nitrogen and oxygen atoms in total. The summed E-state index contributed by atoms with van der Waals surface area (Å²) in [4.78, 5) is 0. The first-order valence-electron chi connectivity index (χ1n) is 6.57. The molecule has 0 spiro atoms. The van der Waals surface area contributed by atoms with Crippen LogP contribution in [-0.2, 0) is 13.0 Å². The Balaban J connectivity index is 2.18. The van der Waals surface area contributed by atoms with Crippen LogP contribution in [0.1, 0.15) is 18.1 Å². The smallest absolute Gasteiger partial charge is 0.148 e. The van der Waals surface area contributed by atoms with Crippen LogP contribution in [0.4, 0.5) is 4.39 Å². The van der Waals surface area contributed by atoms with Gasteiger partial charge in [-0.3, -0.25) is 0 Å². The van der Waals surface area contributed by atoms with Gasteiger partial charge in [0.1, 0.15) is 18.2 Å². The molecule has 2 aromatic rings. The van der Waals surface area contributed by atoms with Crippen molar-refractivity contribution in [2.75, 3.05) is 0 Å². The van der Waals surface area contributed by atoms with Crippen molar-refractivity contribution in [1.82, 2.24) is 0 Å². The van der Waals surface area contributed by atoms with Crippen LogP contribution >= 0.6 is 27.5 Å². The molecule has 0 aromatic heterocycles. The fourth-order valence-electron chi connectivity index (χ4n) is 2.01. The van der Waals surface area contributed by atoms with Crippen LogP contribution in [0.15, 0.2) is 40.9 Å². The van der Waals surface area contributed by atoms with Crippen LogP contribution in [-0.4, -0.2) is 6.04 Å². The number of rotatable bonds is 5. The van der Waals surface area contributed by atoms with Gasteiger partial charge in [-0.25, -0.2) is 4.39 Å². The summed E-state index contributed by atoms with van der Waals surface area (Å²) < 4.78 is 20.5. The topological polar surface area (TPSA) is 35.2 Å². The van der Waals surface area contributed by atoms with Crippen molar-refractivity contribution in [2.45, 2.75) is 26.0 Å². The van der Waals surface area contributed by atoms with Crippen LogP contribution in [0.2, 0.25) is 5.02 Å². The van der Waals surface area contributed by atoms with Crippen molar-refractivity contribution in [2.24, 2.45) is 5.73 Å². The van der Waals surface area contributed by atoms with E-state index in [9.17, 15) is 4.39 Å². The first-order chi connectivity index (χ1) is 9.97. The van der Waals surface area contributed by atoms with Gasteiger partial charge in [0, 0.05) is 16.1 Å². The molecule has 0 radical (unpaired) electrons. The Bertz CT molecular complexity index is 634. The second-order valence-corrected chi connectivity index (χ2v) is 6.26. The lowest BCUT2D eigenvalue weighted by molar-refractivity contribution is 0.296. The van der Waals surface area contributed by atoms with E-state index in [4.69, 9.17) is 22.1 Å². The molecule has 0 bridgehead atoms. The average molecular weight is 373 g/mol. The van der Waals surface area contributed by atoms with Gasteiger partial charge in [-0.15, -0.1) is 0 Å². The molecule has 21 heavy (non-hydrogen) atoms. The van der Waals surface area contributed by atoms with E-state index >= 15 is 0 Å². The predicted molar refractivity (Wildman–Crippen MR) is 87.2 cm³/mol. The van der Waals surface area contributed by atoms with Crippen molar-refractivity contribution in [3.05, 3.63) is 62.8 Å². The Hall–Kier alpha value is -1.10. The fraction of sp³-hybridized carbons (Fsp3) is 0.250. The fourth-order valence-corrected chi connectivity index (χ4v) is 2.61. The zero-order chi connectivity index (χ0) is 15.4. The molecule has 0 amide bonds. The summed E-state index contributed by atoms with van der Waals surface area (Å²) in [5.74, 6) is 0.264. The van der Waals surface area contributed by atoms with Gasteiger partial charge in [-0.05, 0) is 43.2 Å². The average Bonchev–Trinajstić information content (AvgIpc) is 2.41. The van der Waals surface area contributed by atoms with Crippen LogP contribution < -0.4 is 10.5 Å². The van der Waals surface area contributed by atoms with E-state index in [1.54, 1.807) is 12.1 Å². The number of ether oxygens (including phenoxy) is 1. The number of halogens is 3. The van der Waals surface area contributed by atoms with Crippen molar-refractivity contribution in [3.63, 3.8) is 0 Å². The zero-order valence-corrected chi connectivity index (χ0v) is 13.9. The number of nitrogens with two attached hydrogens (primary N) is 1. The molecule has 2 rings (SSSR count). The van der Waals surface area contributed by atoms with Gasteiger partial charge in [0.25, 0.3) is 0 Å². The molecular weight excluding hydrogens is 357 g/mol. The first-order valence-corrected chi connectivity index (χ1v) is 7.74. The van der Waals surface area contributed by atoms with Gasteiger partial charge < -0.3 is 10.5 Å². The monoisotopic (exact) mass is 371 g/mol. The molecule has 0 heterocycles. The van der Waals surface area contributed by atoms with E-state index in [1.165, 1.54) is 6.07 Å². The Labute approximate surface area is 137 Å². The standard InChI is InChI=1S/C16H16BrClFNO/c1-10(20)7-12-8-13(17)5-6-15(12)21-9-11-3-2-4-14(18)16(11)19/h2-6,8,10H,7,9,20H2,1H3. The Kier molecular flexibility index (Phi) is 5.62. The molecule has 1 atom stereocenters. The van der Waals surface area contributed by atoms with E-state index in [1.807, 2.05) is 25.1 Å². The minimum atomic E-state index is -0.440. The van der Waals surface area contributed by atoms with Crippen LogP contribution in [0.5, 0.6) is 5.75 Å². The maximum Gasteiger partial charge on any atom is 0.148 e. The van der Waals surface area contributed by atoms with Gasteiger partial charge in [0.15, 0.2) is 0 Å². The summed E-state index contributed by atoms with van der Waals surface area (Å²) in [6.45, 7) is 2.06. The third-order valence-electron chi connectivity index (χ3n) is 2.98. The van der Waals surface area contributed by atoms with Gasteiger partial charge >= 0.3 is 0 Å². The highest BCUT2D eigenvalue weighted by Gasteiger charge is 2.10. The summed E-state index contributed by atoms with van der Waals surface area (Å²) in [5, 5.41) is 0.0997. The maximum atomic E-state index is 13.8. The minimum Gasteiger partial charge on any atom is -0.489 e. The summed E-state index contributed by atoms with van der Waals surface area (Å²) in [5.41, 5.74) is 7.26. The third kappa shape index (κ3) is 4.43. The highest BCUT2D eigenvalue weighted by molar-refractivity contribution is 9.10. The predicted octanol–water partition coefficient (Wildman–Crippen LogP) is 4.71. The molecule has 0 fully saturated rings.